The van der Waals surface area contributed by atoms with Crippen LogP contribution in [0.3, 0.4) is 0 Å². The van der Waals surface area contributed by atoms with Crippen LogP contribution in [-0.2, 0) is 14.4 Å². The maximum Gasteiger partial charge on any atom is 0.326 e. The van der Waals surface area contributed by atoms with Crippen LogP contribution in [0.15, 0.2) is 48.7 Å². The Kier molecular flexibility index (Phi) is 4.81. The van der Waals surface area contributed by atoms with Crippen LogP contribution in [0.4, 0.5) is 5.82 Å². The van der Waals surface area contributed by atoms with Gasteiger partial charge in [-0.1, -0.05) is 36.4 Å². The number of allylic oxidation sites excluding steroid dienone is 1. The van der Waals surface area contributed by atoms with Crippen LogP contribution >= 0.6 is 0 Å². The standard InChI is InChI=1S/C21H21N3O4/c25-19(23-18-15-7-3-1-5-13(15)11-12-22-18)16-8-4-2-6-14-9-10-17(21(27)28)24(14)20(16)26/h1-5,7,11-12,14,16-17H,6,8-10H2,(H,27,28)(H,22,23,25)/b4-2-. The first kappa shape index (κ1) is 18.2. The maximum absolute atomic E-state index is 13.1. The highest BCUT2D eigenvalue weighted by Crippen LogP contribution is 2.31. The van der Waals surface area contributed by atoms with E-state index in [4.69, 9.17) is 0 Å². The summed E-state index contributed by atoms with van der Waals surface area (Å²) >= 11 is 0. The highest BCUT2D eigenvalue weighted by atomic mass is 16.4. The van der Waals surface area contributed by atoms with Crippen molar-refractivity contribution in [2.75, 3.05) is 5.32 Å². The Hall–Kier alpha value is -3.22. The number of carboxylic acid groups (broad SMARTS) is 1. The van der Waals surface area contributed by atoms with Crippen molar-refractivity contribution in [2.45, 2.75) is 37.8 Å². The van der Waals surface area contributed by atoms with Gasteiger partial charge in [-0.05, 0) is 37.1 Å². The molecule has 144 valence electrons. The average Bonchev–Trinajstić information content (AvgIpc) is 3.10. The van der Waals surface area contributed by atoms with Crippen LogP contribution in [0, 0.1) is 5.92 Å². The lowest BCUT2D eigenvalue weighted by Gasteiger charge is -2.32. The molecule has 2 aliphatic heterocycles. The lowest BCUT2D eigenvalue weighted by atomic mass is 9.97. The number of carboxylic acids is 1. The van der Waals surface area contributed by atoms with Crippen LogP contribution in [0.1, 0.15) is 25.7 Å². The van der Waals surface area contributed by atoms with E-state index in [-0.39, 0.29) is 12.5 Å². The molecule has 7 nitrogen and oxygen atoms in total. The van der Waals surface area contributed by atoms with E-state index in [9.17, 15) is 19.5 Å². The Morgan fingerprint density at radius 1 is 1.11 bits per heavy atom. The first-order chi connectivity index (χ1) is 13.6. The zero-order chi connectivity index (χ0) is 19.7. The lowest BCUT2D eigenvalue weighted by Crippen LogP contribution is -2.50. The second-order valence-electron chi connectivity index (χ2n) is 7.20. The molecule has 2 aromatic rings. The lowest BCUT2D eigenvalue weighted by molar-refractivity contribution is -0.153. The number of nitrogens with zero attached hydrogens (tertiary/aromatic N) is 2. The monoisotopic (exact) mass is 379 g/mol. The Labute approximate surface area is 162 Å². The van der Waals surface area contributed by atoms with Crippen LogP contribution in [0.5, 0.6) is 0 Å². The van der Waals surface area contributed by atoms with Gasteiger partial charge in [0, 0.05) is 17.6 Å². The molecule has 3 heterocycles. The number of carbonyl (C=O) groups excluding carboxylic acids is 2. The van der Waals surface area contributed by atoms with E-state index in [0.717, 1.165) is 10.8 Å². The predicted octanol–water partition coefficient (Wildman–Crippen LogP) is 2.58. The zero-order valence-corrected chi connectivity index (χ0v) is 15.2. The van der Waals surface area contributed by atoms with E-state index in [1.165, 1.54) is 4.90 Å². The summed E-state index contributed by atoms with van der Waals surface area (Å²) in [4.78, 5) is 43.4. The molecule has 1 fully saturated rings. The number of aromatic nitrogens is 1. The minimum atomic E-state index is -1.02. The molecular formula is C21H21N3O4. The first-order valence-corrected chi connectivity index (χ1v) is 9.41. The number of carbonyl (C=O) groups is 3. The van der Waals surface area contributed by atoms with Crippen LogP contribution < -0.4 is 5.32 Å². The fourth-order valence-corrected chi connectivity index (χ4v) is 4.10. The third-order valence-electron chi connectivity index (χ3n) is 5.52. The fourth-order valence-electron chi connectivity index (χ4n) is 4.10. The summed E-state index contributed by atoms with van der Waals surface area (Å²) in [6.45, 7) is 0. The number of rotatable bonds is 3. The van der Waals surface area contributed by atoms with Gasteiger partial charge in [0.25, 0.3) is 0 Å². The third-order valence-corrected chi connectivity index (χ3v) is 5.52. The Bertz CT molecular complexity index is 966. The second-order valence-corrected chi connectivity index (χ2v) is 7.20. The summed E-state index contributed by atoms with van der Waals surface area (Å²) < 4.78 is 0. The van der Waals surface area contributed by atoms with Crippen molar-refractivity contribution >= 4 is 34.4 Å². The molecule has 3 unspecified atom stereocenters. The largest absolute Gasteiger partial charge is 0.480 e. The first-order valence-electron chi connectivity index (χ1n) is 9.41. The second kappa shape index (κ2) is 7.42. The van der Waals surface area contributed by atoms with Gasteiger partial charge in [-0.3, -0.25) is 9.59 Å². The molecule has 1 saturated heterocycles. The molecular weight excluding hydrogens is 358 g/mol. The Morgan fingerprint density at radius 3 is 2.71 bits per heavy atom. The summed E-state index contributed by atoms with van der Waals surface area (Å²) in [7, 11) is 0. The Balaban J connectivity index is 1.62. The molecule has 0 radical (unpaired) electrons. The quantitative estimate of drug-likeness (QED) is 0.631. The molecule has 2 N–H and O–H groups in total. The van der Waals surface area contributed by atoms with Gasteiger partial charge in [-0.2, -0.15) is 0 Å². The van der Waals surface area contributed by atoms with E-state index < -0.39 is 29.7 Å². The van der Waals surface area contributed by atoms with Crippen molar-refractivity contribution in [3.05, 3.63) is 48.7 Å². The van der Waals surface area contributed by atoms with Gasteiger partial charge < -0.3 is 15.3 Å². The molecule has 1 aromatic carbocycles. The highest BCUT2D eigenvalue weighted by Gasteiger charge is 2.44. The van der Waals surface area contributed by atoms with Gasteiger partial charge in [0.15, 0.2) is 0 Å². The van der Waals surface area contributed by atoms with Crippen molar-refractivity contribution < 1.29 is 19.5 Å². The van der Waals surface area contributed by atoms with Crippen molar-refractivity contribution in [1.82, 2.24) is 9.88 Å². The van der Waals surface area contributed by atoms with E-state index in [0.29, 0.717) is 25.1 Å². The third kappa shape index (κ3) is 3.24. The van der Waals surface area contributed by atoms with E-state index in [1.807, 2.05) is 42.5 Å². The summed E-state index contributed by atoms with van der Waals surface area (Å²) in [5.41, 5.74) is 0. The van der Waals surface area contributed by atoms with E-state index in [2.05, 4.69) is 10.3 Å². The summed E-state index contributed by atoms with van der Waals surface area (Å²) in [6.07, 6.45) is 7.29. The highest BCUT2D eigenvalue weighted by molar-refractivity contribution is 6.09. The topological polar surface area (TPSA) is 99.6 Å². The molecule has 2 amide bonds. The van der Waals surface area contributed by atoms with Crippen molar-refractivity contribution in [3.8, 4) is 0 Å². The van der Waals surface area contributed by atoms with Gasteiger partial charge >= 0.3 is 5.97 Å². The molecule has 28 heavy (non-hydrogen) atoms. The molecule has 0 spiro atoms. The minimum absolute atomic E-state index is 0.170. The van der Waals surface area contributed by atoms with E-state index >= 15 is 0 Å². The number of aliphatic carboxylic acids is 1. The molecule has 0 saturated carbocycles. The number of pyridine rings is 1. The number of benzene rings is 1. The SMILES string of the molecule is O=C(Nc1nccc2ccccc12)C1C/C=C\CC2CCC(C(=O)O)N2C1=O. The molecule has 2 aliphatic rings. The van der Waals surface area contributed by atoms with Gasteiger partial charge in [0.2, 0.25) is 11.8 Å². The number of fused-ring (bicyclic) bond motifs is 2. The number of anilines is 1. The van der Waals surface area contributed by atoms with Crippen molar-refractivity contribution in [2.24, 2.45) is 5.92 Å². The smallest absolute Gasteiger partial charge is 0.326 e. The van der Waals surface area contributed by atoms with Gasteiger partial charge in [-0.25, -0.2) is 9.78 Å². The van der Waals surface area contributed by atoms with Gasteiger partial charge in [-0.15, -0.1) is 0 Å². The fraction of sp³-hybridized carbons (Fsp3) is 0.333. The molecule has 0 bridgehead atoms. The maximum atomic E-state index is 13.1. The van der Waals surface area contributed by atoms with Gasteiger partial charge in [0.05, 0.1) is 0 Å². The van der Waals surface area contributed by atoms with Crippen molar-refractivity contribution in [3.63, 3.8) is 0 Å². The van der Waals surface area contributed by atoms with Crippen LogP contribution in [-0.4, -0.2) is 44.9 Å². The molecule has 4 rings (SSSR count). The van der Waals surface area contributed by atoms with E-state index in [1.54, 1.807) is 6.20 Å². The minimum Gasteiger partial charge on any atom is -0.480 e. The summed E-state index contributed by atoms with van der Waals surface area (Å²) in [6, 6.07) is 8.34. The van der Waals surface area contributed by atoms with Gasteiger partial charge in [0.1, 0.15) is 17.8 Å². The van der Waals surface area contributed by atoms with Crippen LogP contribution in [0.2, 0.25) is 0 Å². The van der Waals surface area contributed by atoms with Crippen molar-refractivity contribution in [1.29, 1.82) is 0 Å². The molecule has 7 heteroatoms. The number of hydrogen-bond donors (Lipinski definition) is 2. The molecule has 3 atom stereocenters. The summed E-state index contributed by atoms with van der Waals surface area (Å²) in [5.74, 6) is -2.48. The molecule has 0 aliphatic carbocycles. The number of nitrogens with one attached hydrogen (secondary N) is 1. The van der Waals surface area contributed by atoms with Crippen LogP contribution in [0.25, 0.3) is 10.8 Å². The normalized spacial score (nSPS) is 25.6. The zero-order valence-electron chi connectivity index (χ0n) is 15.2. The summed E-state index contributed by atoms with van der Waals surface area (Å²) in [5, 5.41) is 14.0. The average molecular weight is 379 g/mol. The molecule has 1 aromatic heterocycles. The number of amides is 2. The Morgan fingerprint density at radius 2 is 1.89 bits per heavy atom. The number of hydrogen-bond acceptors (Lipinski definition) is 4. The predicted molar refractivity (Wildman–Crippen MR) is 104 cm³/mol.